The minimum absolute atomic E-state index is 0.331. The van der Waals surface area contributed by atoms with Crippen molar-refractivity contribution in [3.05, 3.63) is 60.1 Å². The average molecular weight is 400 g/mol. The summed E-state index contributed by atoms with van der Waals surface area (Å²) in [5.41, 5.74) is 4.08. The zero-order chi connectivity index (χ0) is 21.1. The summed E-state index contributed by atoms with van der Waals surface area (Å²) in [6, 6.07) is 13.0. The first-order valence-electron chi connectivity index (χ1n) is 10.8. The maximum absolute atomic E-state index is 6.21. The molecule has 2 aromatic carbocycles. The predicted molar refractivity (Wildman–Crippen MR) is 123 cm³/mol. The van der Waals surface area contributed by atoms with Crippen LogP contribution >= 0.6 is 0 Å². The summed E-state index contributed by atoms with van der Waals surface area (Å²) in [6.07, 6.45) is 6.61. The fourth-order valence-corrected chi connectivity index (χ4v) is 4.34. The molecule has 30 heavy (non-hydrogen) atoms. The maximum atomic E-state index is 6.21. The standard InChI is InChI=1S/C25H29BN2O2/c1-16-6-7-20(12-16)23-27-15-22(28-23)19-9-8-18-14-21(11-10-17(18)13-19)26-29-24(2,3)25(4,5)30-26/h8-15,20H,6-7H2,1-5H3,(H,27,28)/t20-/m0/s1. The van der Waals surface area contributed by atoms with E-state index in [1.807, 2.05) is 6.20 Å². The molecule has 5 heteroatoms. The largest absolute Gasteiger partial charge is 0.494 e. The molecule has 154 valence electrons. The number of allylic oxidation sites excluding steroid dienone is 2. The van der Waals surface area contributed by atoms with Crippen LogP contribution in [0.4, 0.5) is 0 Å². The summed E-state index contributed by atoms with van der Waals surface area (Å²) in [5.74, 6) is 1.49. The third-order valence-electron chi connectivity index (χ3n) is 6.98. The Balaban J connectivity index is 1.41. The highest BCUT2D eigenvalue weighted by Crippen LogP contribution is 2.37. The van der Waals surface area contributed by atoms with Crippen LogP contribution in [-0.2, 0) is 9.31 Å². The Kier molecular flexibility index (Phi) is 4.46. The molecule has 0 saturated carbocycles. The monoisotopic (exact) mass is 400 g/mol. The van der Waals surface area contributed by atoms with Crippen molar-refractivity contribution < 1.29 is 9.31 Å². The normalized spacial score (nSPS) is 22.6. The van der Waals surface area contributed by atoms with E-state index in [1.165, 1.54) is 22.8 Å². The van der Waals surface area contributed by atoms with Crippen LogP contribution in [0.1, 0.15) is 59.2 Å². The molecule has 1 N–H and O–H groups in total. The number of H-pyrrole nitrogens is 1. The SMILES string of the molecule is CC1=C[C@@H](c2ncc(-c3ccc4cc(B5OC(C)(C)C(C)(C)O5)ccc4c3)[nH]2)CC1. The first kappa shape index (κ1) is 19.6. The minimum Gasteiger partial charge on any atom is -0.399 e. The van der Waals surface area contributed by atoms with Gasteiger partial charge in [-0.15, -0.1) is 0 Å². The van der Waals surface area contributed by atoms with E-state index in [0.29, 0.717) is 5.92 Å². The molecule has 1 aliphatic carbocycles. The van der Waals surface area contributed by atoms with Gasteiger partial charge < -0.3 is 14.3 Å². The van der Waals surface area contributed by atoms with Crippen molar-refractivity contribution in [1.29, 1.82) is 0 Å². The number of fused-ring (bicyclic) bond motifs is 1. The minimum atomic E-state index is -0.336. The Hall–Kier alpha value is -2.37. The lowest BCUT2D eigenvalue weighted by Crippen LogP contribution is -2.41. The van der Waals surface area contributed by atoms with Crippen LogP contribution < -0.4 is 5.46 Å². The van der Waals surface area contributed by atoms with Crippen LogP contribution in [0.5, 0.6) is 0 Å². The Bertz CT molecular complexity index is 1130. The van der Waals surface area contributed by atoms with Gasteiger partial charge in [-0.25, -0.2) is 4.98 Å². The number of nitrogens with zero attached hydrogens (tertiary/aromatic N) is 1. The highest BCUT2D eigenvalue weighted by molar-refractivity contribution is 6.62. The molecule has 0 unspecified atom stereocenters. The van der Waals surface area contributed by atoms with Gasteiger partial charge in [-0.1, -0.05) is 42.0 Å². The molecule has 4 nitrogen and oxygen atoms in total. The highest BCUT2D eigenvalue weighted by Gasteiger charge is 2.51. The van der Waals surface area contributed by atoms with Crippen LogP contribution in [0.3, 0.4) is 0 Å². The molecule has 5 rings (SSSR count). The van der Waals surface area contributed by atoms with Crippen molar-refractivity contribution >= 4 is 23.4 Å². The molecule has 2 heterocycles. The summed E-state index contributed by atoms with van der Waals surface area (Å²) in [7, 11) is -0.336. The van der Waals surface area contributed by atoms with Gasteiger partial charge in [0.25, 0.3) is 0 Å². The van der Waals surface area contributed by atoms with E-state index in [4.69, 9.17) is 9.31 Å². The predicted octanol–water partition coefficient (Wildman–Crippen LogP) is 5.35. The van der Waals surface area contributed by atoms with Gasteiger partial charge in [0, 0.05) is 11.5 Å². The lowest BCUT2D eigenvalue weighted by atomic mass is 9.78. The molecule has 2 aliphatic rings. The van der Waals surface area contributed by atoms with Crippen molar-refractivity contribution in [2.75, 3.05) is 0 Å². The zero-order valence-corrected chi connectivity index (χ0v) is 18.5. The average Bonchev–Trinajstić information content (AvgIpc) is 3.39. The van der Waals surface area contributed by atoms with Crippen molar-refractivity contribution in [1.82, 2.24) is 9.97 Å². The highest BCUT2D eigenvalue weighted by atomic mass is 16.7. The molecule has 0 spiro atoms. The third kappa shape index (κ3) is 3.30. The van der Waals surface area contributed by atoms with Crippen LogP contribution in [0.15, 0.2) is 54.2 Å². The quantitative estimate of drug-likeness (QED) is 0.476. The van der Waals surface area contributed by atoms with E-state index in [1.54, 1.807) is 0 Å². The summed E-state index contributed by atoms with van der Waals surface area (Å²) in [6.45, 7) is 10.5. The van der Waals surface area contributed by atoms with Gasteiger partial charge in [-0.05, 0) is 69.8 Å². The second-order valence-electron chi connectivity index (χ2n) is 9.75. The summed E-state index contributed by atoms with van der Waals surface area (Å²) >= 11 is 0. The second kappa shape index (κ2) is 6.83. The molecule has 1 saturated heterocycles. The Morgan fingerprint density at radius 3 is 2.40 bits per heavy atom. The van der Waals surface area contributed by atoms with Crippen molar-refractivity contribution in [2.24, 2.45) is 0 Å². The number of benzene rings is 2. The van der Waals surface area contributed by atoms with Gasteiger partial charge >= 0.3 is 7.12 Å². The van der Waals surface area contributed by atoms with Crippen molar-refractivity contribution in [2.45, 2.75) is 64.6 Å². The van der Waals surface area contributed by atoms with Crippen molar-refractivity contribution in [3.8, 4) is 11.3 Å². The number of aromatic nitrogens is 2. The molecule has 3 aromatic rings. The van der Waals surface area contributed by atoms with Crippen LogP contribution in [0.2, 0.25) is 0 Å². The van der Waals surface area contributed by atoms with Crippen LogP contribution in [0.25, 0.3) is 22.0 Å². The van der Waals surface area contributed by atoms with Crippen LogP contribution in [0, 0.1) is 0 Å². The number of rotatable bonds is 3. The van der Waals surface area contributed by atoms with Gasteiger partial charge in [-0.3, -0.25) is 0 Å². The van der Waals surface area contributed by atoms with Gasteiger partial charge in [0.1, 0.15) is 5.82 Å². The van der Waals surface area contributed by atoms with E-state index >= 15 is 0 Å². The van der Waals surface area contributed by atoms with Gasteiger partial charge in [-0.2, -0.15) is 0 Å². The van der Waals surface area contributed by atoms with E-state index < -0.39 is 0 Å². The first-order chi connectivity index (χ1) is 14.2. The maximum Gasteiger partial charge on any atom is 0.494 e. The lowest BCUT2D eigenvalue weighted by molar-refractivity contribution is 0.00578. The number of hydrogen-bond donors (Lipinski definition) is 1. The number of aromatic amines is 1. The topological polar surface area (TPSA) is 47.1 Å². The van der Waals surface area contributed by atoms with Gasteiger partial charge in [0.15, 0.2) is 0 Å². The summed E-state index contributed by atoms with van der Waals surface area (Å²) in [4.78, 5) is 8.18. The fourth-order valence-electron chi connectivity index (χ4n) is 4.34. The molecule has 0 bridgehead atoms. The Morgan fingerprint density at radius 1 is 1.00 bits per heavy atom. The molecule has 1 aliphatic heterocycles. The van der Waals surface area contributed by atoms with E-state index in [2.05, 4.69) is 87.1 Å². The molecular formula is C25H29BN2O2. The van der Waals surface area contributed by atoms with Gasteiger partial charge in [0.05, 0.1) is 23.1 Å². The molecular weight excluding hydrogens is 371 g/mol. The number of nitrogens with one attached hydrogen (secondary N) is 1. The molecule has 1 fully saturated rings. The molecule has 1 aromatic heterocycles. The lowest BCUT2D eigenvalue weighted by Gasteiger charge is -2.32. The fraction of sp³-hybridized carbons (Fsp3) is 0.400. The molecule has 0 radical (unpaired) electrons. The van der Waals surface area contributed by atoms with Crippen LogP contribution in [-0.4, -0.2) is 28.3 Å². The number of imidazole rings is 1. The Labute approximate surface area is 178 Å². The number of hydrogen-bond acceptors (Lipinski definition) is 3. The van der Waals surface area contributed by atoms with Gasteiger partial charge in [0.2, 0.25) is 0 Å². The summed E-state index contributed by atoms with van der Waals surface area (Å²) < 4.78 is 12.4. The summed E-state index contributed by atoms with van der Waals surface area (Å²) in [5, 5.41) is 2.38. The zero-order valence-electron chi connectivity index (χ0n) is 18.5. The smallest absolute Gasteiger partial charge is 0.399 e. The van der Waals surface area contributed by atoms with E-state index in [-0.39, 0.29) is 18.3 Å². The van der Waals surface area contributed by atoms with E-state index in [9.17, 15) is 0 Å². The van der Waals surface area contributed by atoms with E-state index in [0.717, 1.165) is 29.0 Å². The third-order valence-corrected chi connectivity index (χ3v) is 6.98. The Morgan fingerprint density at radius 2 is 1.70 bits per heavy atom. The molecule has 1 atom stereocenters. The first-order valence-corrected chi connectivity index (χ1v) is 10.8. The second-order valence-corrected chi connectivity index (χ2v) is 9.75. The van der Waals surface area contributed by atoms with Crippen molar-refractivity contribution in [3.63, 3.8) is 0 Å². The molecule has 0 amide bonds.